The quantitative estimate of drug-likeness (QED) is 0.777. The van der Waals surface area contributed by atoms with E-state index in [4.69, 9.17) is 4.98 Å². The van der Waals surface area contributed by atoms with E-state index in [1.807, 2.05) is 43.9 Å². The van der Waals surface area contributed by atoms with Gasteiger partial charge in [-0.05, 0) is 53.2 Å². The van der Waals surface area contributed by atoms with Gasteiger partial charge in [0.25, 0.3) is 0 Å². The van der Waals surface area contributed by atoms with Crippen LogP contribution >= 0.6 is 0 Å². The Kier molecular flexibility index (Phi) is 5.77. The van der Waals surface area contributed by atoms with E-state index in [2.05, 4.69) is 29.8 Å². The number of nitrogens with zero attached hydrogens (tertiary/aromatic N) is 3. The predicted molar refractivity (Wildman–Crippen MR) is 111 cm³/mol. The molecule has 1 aromatic heterocycles. The summed E-state index contributed by atoms with van der Waals surface area (Å²) in [5.74, 6) is 0.864. The first-order valence-electron chi connectivity index (χ1n) is 10.2. The minimum absolute atomic E-state index is 0.0162. The molecule has 1 atom stereocenters. The van der Waals surface area contributed by atoms with Gasteiger partial charge in [-0.15, -0.1) is 0 Å². The minimum Gasteiger partial charge on any atom is -0.356 e. The van der Waals surface area contributed by atoms with Gasteiger partial charge >= 0.3 is 0 Å². The number of hydrogen-bond acceptors (Lipinski definition) is 3. The number of fused-ring (bicyclic) bond motifs is 1. The second-order valence-electron chi connectivity index (χ2n) is 8.95. The Bertz CT molecular complexity index is 863. The summed E-state index contributed by atoms with van der Waals surface area (Å²) >= 11 is 0. The van der Waals surface area contributed by atoms with Gasteiger partial charge in [-0.25, -0.2) is 4.98 Å². The molecule has 6 heteroatoms. The summed E-state index contributed by atoms with van der Waals surface area (Å²) in [7, 11) is 0. The Labute approximate surface area is 167 Å². The lowest BCUT2D eigenvalue weighted by Crippen LogP contribution is -2.43. The van der Waals surface area contributed by atoms with Crippen molar-refractivity contribution >= 4 is 22.8 Å². The first-order chi connectivity index (χ1) is 13.2. The van der Waals surface area contributed by atoms with E-state index in [0.29, 0.717) is 25.6 Å². The maximum atomic E-state index is 12.5. The number of benzene rings is 1. The second kappa shape index (κ2) is 7.94. The number of para-hydroxylation sites is 2. The smallest absolute Gasteiger partial charge is 0.225 e. The van der Waals surface area contributed by atoms with Crippen molar-refractivity contribution in [2.45, 2.75) is 65.5 Å². The van der Waals surface area contributed by atoms with E-state index >= 15 is 0 Å². The fourth-order valence-corrected chi connectivity index (χ4v) is 3.98. The van der Waals surface area contributed by atoms with E-state index < -0.39 is 0 Å². The van der Waals surface area contributed by atoms with Crippen LogP contribution in [-0.4, -0.2) is 44.9 Å². The van der Waals surface area contributed by atoms with Gasteiger partial charge in [-0.2, -0.15) is 0 Å². The lowest BCUT2D eigenvalue weighted by Gasteiger charge is -2.31. The second-order valence-corrected chi connectivity index (χ2v) is 8.95. The highest BCUT2D eigenvalue weighted by atomic mass is 16.2. The number of amides is 2. The molecule has 2 aromatic rings. The summed E-state index contributed by atoms with van der Waals surface area (Å²) in [6.07, 6.45) is 1.95. The van der Waals surface area contributed by atoms with E-state index in [9.17, 15) is 9.59 Å². The third kappa shape index (κ3) is 4.21. The van der Waals surface area contributed by atoms with Gasteiger partial charge in [0.15, 0.2) is 0 Å². The zero-order valence-electron chi connectivity index (χ0n) is 17.7. The highest BCUT2D eigenvalue weighted by Crippen LogP contribution is 2.26. The Morgan fingerprint density at radius 1 is 1.29 bits per heavy atom. The van der Waals surface area contributed by atoms with E-state index in [0.717, 1.165) is 29.7 Å². The molecule has 1 N–H and O–H groups in total. The van der Waals surface area contributed by atoms with E-state index in [-0.39, 0.29) is 23.3 Å². The van der Waals surface area contributed by atoms with E-state index in [1.54, 1.807) is 0 Å². The molecule has 2 amide bonds. The fraction of sp³-hybridized carbons (Fsp3) is 0.591. The maximum Gasteiger partial charge on any atom is 0.225 e. The van der Waals surface area contributed by atoms with E-state index in [1.165, 1.54) is 0 Å². The lowest BCUT2D eigenvalue weighted by atomic mass is 10.1. The van der Waals surface area contributed by atoms with Crippen LogP contribution in [0.5, 0.6) is 0 Å². The zero-order chi connectivity index (χ0) is 20.5. The molecule has 0 radical (unpaired) electrons. The molecular formula is C22H32N4O2. The number of aromatic nitrogens is 2. The van der Waals surface area contributed by atoms with Gasteiger partial charge in [0.05, 0.1) is 17.0 Å². The number of aryl methyl sites for hydroxylation is 1. The molecule has 1 unspecified atom stereocenters. The molecule has 1 fully saturated rings. The van der Waals surface area contributed by atoms with Gasteiger partial charge < -0.3 is 14.8 Å². The van der Waals surface area contributed by atoms with Gasteiger partial charge in [0.2, 0.25) is 11.8 Å². The number of nitrogens with one attached hydrogen (secondary N) is 1. The Hall–Kier alpha value is -2.37. The first-order valence-corrected chi connectivity index (χ1v) is 10.2. The maximum absolute atomic E-state index is 12.5. The minimum atomic E-state index is -0.244. The average molecular weight is 385 g/mol. The number of carbonyl (C=O) groups is 2. The van der Waals surface area contributed by atoms with Crippen molar-refractivity contribution in [3.63, 3.8) is 0 Å². The van der Waals surface area contributed by atoms with Gasteiger partial charge in [0, 0.05) is 37.5 Å². The Morgan fingerprint density at radius 3 is 2.64 bits per heavy atom. The van der Waals surface area contributed by atoms with Crippen molar-refractivity contribution in [2.24, 2.45) is 5.92 Å². The summed E-state index contributed by atoms with van der Waals surface area (Å²) in [4.78, 5) is 31.2. The van der Waals surface area contributed by atoms with Crippen LogP contribution < -0.4 is 5.32 Å². The third-order valence-electron chi connectivity index (χ3n) is 5.37. The van der Waals surface area contributed by atoms with Crippen LogP contribution in [0.25, 0.3) is 11.0 Å². The molecule has 3 rings (SSSR count). The summed E-state index contributed by atoms with van der Waals surface area (Å²) in [6, 6.07) is 8.53. The van der Waals surface area contributed by atoms with Crippen molar-refractivity contribution in [1.82, 2.24) is 19.8 Å². The molecule has 1 aliphatic heterocycles. The highest BCUT2D eigenvalue weighted by Gasteiger charge is 2.39. The third-order valence-corrected chi connectivity index (χ3v) is 5.37. The van der Waals surface area contributed by atoms with Crippen molar-refractivity contribution in [3.05, 3.63) is 30.1 Å². The molecule has 0 saturated carbocycles. The van der Waals surface area contributed by atoms with Crippen LogP contribution in [0.4, 0.5) is 0 Å². The Morgan fingerprint density at radius 2 is 2.00 bits per heavy atom. The summed E-state index contributed by atoms with van der Waals surface area (Å²) in [5.41, 5.74) is 1.94. The number of rotatable bonds is 6. The molecule has 0 aliphatic carbocycles. The van der Waals surface area contributed by atoms with Crippen LogP contribution in [0.1, 0.15) is 59.3 Å². The molecule has 28 heavy (non-hydrogen) atoms. The summed E-state index contributed by atoms with van der Waals surface area (Å²) in [5, 5.41) is 3.01. The normalized spacial score (nSPS) is 17.7. The van der Waals surface area contributed by atoms with Gasteiger partial charge in [-0.1, -0.05) is 12.1 Å². The molecule has 2 heterocycles. The standard InChI is InChI=1S/C22H32N4O2/c1-15(2)26-18-10-7-6-9-17(18)24-19(26)11-8-12-23-21(28)16-13-20(27)25(14-16)22(3,4)5/h6-7,9-10,15-16H,8,11-14H2,1-5H3,(H,23,28). The average Bonchev–Trinajstić information content (AvgIpc) is 3.18. The molecule has 1 saturated heterocycles. The molecule has 1 aliphatic rings. The summed E-state index contributed by atoms with van der Waals surface area (Å²) < 4.78 is 2.27. The van der Waals surface area contributed by atoms with Crippen LogP contribution in [0, 0.1) is 5.92 Å². The summed E-state index contributed by atoms with van der Waals surface area (Å²) in [6.45, 7) is 11.5. The predicted octanol–water partition coefficient (Wildman–Crippen LogP) is 3.31. The molecule has 0 spiro atoms. The zero-order valence-corrected chi connectivity index (χ0v) is 17.7. The lowest BCUT2D eigenvalue weighted by molar-refractivity contribution is -0.132. The molecule has 152 valence electrons. The fourth-order valence-electron chi connectivity index (χ4n) is 3.98. The van der Waals surface area contributed by atoms with Crippen LogP contribution in [0.3, 0.4) is 0 Å². The van der Waals surface area contributed by atoms with Gasteiger partial charge in [0.1, 0.15) is 5.82 Å². The topological polar surface area (TPSA) is 67.2 Å². The molecule has 1 aromatic carbocycles. The van der Waals surface area contributed by atoms with Crippen molar-refractivity contribution in [2.75, 3.05) is 13.1 Å². The Balaban J connectivity index is 1.54. The van der Waals surface area contributed by atoms with Gasteiger partial charge in [-0.3, -0.25) is 9.59 Å². The van der Waals surface area contributed by atoms with Crippen molar-refractivity contribution < 1.29 is 9.59 Å². The number of imidazole rings is 1. The first kappa shape index (κ1) is 20.4. The molecule has 0 bridgehead atoms. The number of carbonyl (C=O) groups excluding carboxylic acids is 2. The van der Waals surface area contributed by atoms with Crippen LogP contribution in [-0.2, 0) is 16.0 Å². The number of hydrogen-bond donors (Lipinski definition) is 1. The van der Waals surface area contributed by atoms with Crippen molar-refractivity contribution in [3.8, 4) is 0 Å². The monoisotopic (exact) mass is 384 g/mol. The molecule has 6 nitrogen and oxygen atoms in total. The molecular weight excluding hydrogens is 352 g/mol. The van der Waals surface area contributed by atoms with Crippen LogP contribution in [0.2, 0.25) is 0 Å². The SMILES string of the molecule is CC(C)n1c(CCCNC(=O)C2CC(=O)N(C(C)(C)C)C2)nc2ccccc21. The van der Waals surface area contributed by atoms with Crippen molar-refractivity contribution in [1.29, 1.82) is 0 Å². The highest BCUT2D eigenvalue weighted by molar-refractivity contribution is 5.89. The van der Waals surface area contributed by atoms with Crippen LogP contribution in [0.15, 0.2) is 24.3 Å². The number of likely N-dealkylation sites (tertiary alicyclic amines) is 1. The largest absolute Gasteiger partial charge is 0.356 e.